The van der Waals surface area contributed by atoms with Gasteiger partial charge in [0.15, 0.2) is 0 Å². The molecule has 0 unspecified atom stereocenters. The molecule has 2 heteroatoms. The van der Waals surface area contributed by atoms with Gasteiger partial charge in [-0.2, -0.15) is 0 Å². The Bertz CT molecular complexity index is 582. The molecular weight excluding hydrogens is 244 g/mol. The average Bonchev–Trinajstić information content (AvgIpc) is 2.77. The Morgan fingerprint density at radius 2 is 1.90 bits per heavy atom. The van der Waals surface area contributed by atoms with Crippen LogP contribution in [0.3, 0.4) is 0 Å². The van der Waals surface area contributed by atoms with Crippen LogP contribution in [-0.4, -0.2) is 22.6 Å². The number of hydrogen-bond acceptors (Lipinski definition) is 1. The Balaban J connectivity index is 1.74. The maximum absolute atomic E-state index is 2.64. The van der Waals surface area contributed by atoms with E-state index in [2.05, 4.69) is 47.6 Å². The van der Waals surface area contributed by atoms with Crippen molar-refractivity contribution in [3.8, 4) is 0 Å². The second kappa shape index (κ2) is 6.01. The maximum Gasteiger partial charge on any atom is 0.0486 e. The number of fused-ring (bicyclic) bond motifs is 3. The summed E-state index contributed by atoms with van der Waals surface area (Å²) in [4.78, 5) is 2.64. The van der Waals surface area contributed by atoms with Crippen molar-refractivity contribution in [2.45, 2.75) is 52.6 Å². The Morgan fingerprint density at radius 3 is 2.75 bits per heavy atom. The summed E-state index contributed by atoms with van der Waals surface area (Å²) in [5.74, 6) is 0. The first-order valence-corrected chi connectivity index (χ1v) is 8.10. The van der Waals surface area contributed by atoms with Gasteiger partial charge in [0.1, 0.15) is 0 Å². The smallest absolute Gasteiger partial charge is 0.0486 e. The van der Waals surface area contributed by atoms with E-state index in [-0.39, 0.29) is 0 Å². The monoisotopic (exact) mass is 270 g/mol. The van der Waals surface area contributed by atoms with Crippen molar-refractivity contribution in [2.24, 2.45) is 0 Å². The molecule has 0 radical (unpaired) electrons. The lowest BCUT2D eigenvalue weighted by molar-refractivity contribution is 0.218. The molecule has 2 heterocycles. The predicted octanol–water partition coefficient (Wildman–Crippen LogP) is 4.35. The fourth-order valence-electron chi connectivity index (χ4n) is 3.47. The Labute approximate surface area is 122 Å². The molecule has 2 aromatic rings. The first-order chi connectivity index (χ1) is 9.81. The number of para-hydroxylation sites is 1. The third-order valence-electron chi connectivity index (χ3n) is 4.70. The van der Waals surface area contributed by atoms with Crippen LogP contribution in [0.2, 0.25) is 0 Å². The van der Waals surface area contributed by atoms with Gasteiger partial charge >= 0.3 is 0 Å². The van der Waals surface area contributed by atoms with Crippen molar-refractivity contribution < 1.29 is 0 Å². The van der Waals surface area contributed by atoms with Crippen LogP contribution in [-0.2, 0) is 13.1 Å². The van der Waals surface area contributed by atoms with Gasteiger partial charge in [-0.15, -0.1) is 0 Å². The Kier molecular flexibility index (Phi) is 4.11. The van der Waals surface area contributed by atoms with Gasteiger partial charge in [-0.3, -0.25) is 4.90 Å². The van der Waals surface area contributed by atoms with E-state index in [1.54, 1.807) is 0 Å². The molecule has 0 saturated carbocycles. The van der Waals surface area contributed by atoms with E-state index in [9.17, 15) is 0 Å². The predicted molar refractivity (Wildman–Crippen MR) is 86.1 cm³/mol. The summed E-state index contributed by atoms with van der Waals surface area (Å²) in [6, 6.07) is 8.85. The SMILES string of the molecule is CCCCCCN1CCn2c(c(C)c3ccccc32)C1. The van der Waals surface area contributed by atoms with E-state index in [1.807, 2.05) is 0 Å². The van der Waals surface area contributed by atoms with Crippen LogP contribution in [0.1, 0.15) is 43.9 Å². The fourth-order valence-corrected chi connectivity index (χ4v) is 3.47. The van der Waals surface area contributed by atoms with Crippen molar-refractivity contribution in [2.75, 3.05) is 13.1 Å². The Hall–Kier alpha value is -1.28. The molecule has 0 atom stereocenters. The zero-order chi connectivity index (χ0) is 13.9. The highest BCUT2D eigenvalue weighted by Crippen LogP contribution is 2.28. The molecule has 1 aromatic heterocycles. The van der Waals surface area contributed by atoms with Crippen LogP contribution < -0.4 is 0 Å². The van der Waals surface area contributed by atoms with Crippen LogP contribution in [0.25, 0.3) is 10.9 Å². The number of aromatic nitrogens is 1. The van der Waals surface area contributed by atoms with Crippen molar-refractivity contribution in [3.05, 3.63) is 35.5 Å². The lowest BCUT2D eigenvalue weighted by atomic mass is 10.1. The highest BCUT2D eigenvalue weighted by atomic mass is 15.2. The average molecular weight is 270 g/mol. The normalized spacial score (nSPS) is 15.7. The van der Waals surface area contributed by atoms with Gasteiger partial charge in [-0.1, -0.05) is 44.4 Å². The third kappa shape index (κ3) is 2.49. The summed E-state index contributed by atoms with van der Waals surface area (Å²) in [6.07, 6.45) is 5.45. The third-order valence-corrected chi connectivity index (χ3v) is 4.70. The molecule has 0 bridgehead atoms. The van der Waals surface area contributed by atoms with Gasteiger partial charge in [0.2, 0.25) is 0 Å². The van der Waals surface area contributed by atoms with E-state index >= 15 is 0 Å². The molecule has 0 fully saturated rings. The summed E-state index contributed by atoms with van der Waals surface area (Å²) in [5, 5.41) is 1.44. The highest BCUT2D eigenvalue weighted by molar-refractivity contribution is 5.85. The summed E-state index contributed by atoms with van der Waals surface area (Å²) in [7, 11) is 0. The quantitative estimate of drug-likeness (QED) is 0.733. The summed E-state index contributed by atoms with van der Waals surface area (Å²) in [5.41, 5.74) is 4.44. The molecule has 0 spiro atoms. The van der Waals surface area contributed by atoms with Crippen molar-refractivity contribution in [3.63, 3.8) is 0 Å². The molecule has 3 rings (SSSR count). The van der Waals surface area contributed by atoms with Crippen molar-refractivity contribution >= 4 is 10.9 Å². The maximum atomic E-state index is 2.64. The van der Waals surface area contributed by atoms with Crippen LogP contribution >= 0.6 is 0 Å². The molecule has 2 nitrogen and oxygen atoms in total. The number of nitrogens with zero attached hydrogens (tertiary/aromatic N) is 2. The molecular formula is C18H26N2. The first-order valence-electron chi connectivity index (χ1n) is 8.10. The molecule has 1 aromatic carbocycles. The number of aryl methyl sites for hydroxylation is 1. The minimum Gasteiger partial charge on any atom is -0.342 e. The minimum absolute atomic E-state index is 1.13. The molecule has 0 N–H and O–H groups in total. The Morgan fingerprint density at radius 1 is 1.05 bits per heavy atom. The second-order valence-electron chi connectivity index (χ2n) is 6.08. The molecule has 0 aliphatic carbocycles. The standard InChI is InChI=1S/C18H26N2/c1-3-4-5-8-11-19-12-13-20-17-10-7-6-9-16(17)15(2)18(20)14-19/h6-7,9-10H,3-5,8,11-14H2,1-2H3. The van der Waals surface area contributed by atoms with Gasteiger partial charge in [0.25, 0.3) is 0 Å². The van der Waals surface area contributed by atoms with E-state index in [1.165, 1.54) is 60.9 Å². The van der Waals surface area contributed by atoms with E-state index in [0.29, 0.717) is 0 Å². The number of hydrogen-bond donors (Lipinski definition) is 0. The van der Waals surface area contributed by atoms with Crippen LogP contribution in [0.4, 0.5) is 0 Å². The van der Waals surface area contributed by atoms with Gasteiger partial charge < -0.3 is 4.57 Å². The lowest BCUT2D eigenvalue weighted by Gasteiger charge is -2.29. The summed E-state index contributed by atoms with van der Waals surface area (Å²) in [6.45, 7) is 9.32. The summed E-state index contributed by atoms with van der Waals surface area (Å²) < 4.78 is 2.53. The van der Waals surface area contributed by atoms with Crippen LogP contribution in [0, 0.1) is 6.92 Å². The molecule has 0 amide bonds. The van der Waals surface area contributed by atoms with Gasteiger partial charge in [-0.25, -0.2) is 0 Å². The number of rotatable bonds is 5. The topological polar surface area (TPSA) is 8.17 Å². The van der Waals surface area contributed by atoms with Gasteiger partial charge in [-0.05, 0) is 31.5 Å². The minimum atomic E-state index is 1.13. The van der Waals surface area contributed by atoms with E-state index in [0.717, 1.165) is 13.1 Å². The molecule has 0 saturated heterocycles. The van der Waals surface area contributed by atoms with Crippen molar-refractivity contribution in [1.29, 1.82) is 0 Å². The first kappa shape index (κ1) is 13.7. The van der Waals surface area contributed by atoms with Crippen LogP contribution in [0.15, 0.2) is 24.3 Å². The van der Waals surface area contributed by atoms with E-state index < -0.39 is 0 Å². The molecule has 108 valence electrons. The number of unbranched alkanes of at least 4 members (excludes halogenated alkanes) is 3. The largest absolute Gasteiger partial charge is 0.342 e. The zero-order valence-corrected chi connectivity index (χ0v) is 12.9. The molecule has 20 heavy (non-hydrogen) atoms. The summed E-state index contributed by atoms with van der Waals surface area (Å²) >= 11 is 0. The number of benzene rings is 1. The zero-order valence-electron chi connectivity index (χ0n) is 12.9. The fraction of sp³-hybridized carbons (Fsp3) is 0.556. The van der Waals surface area contributed by atoms with Gasteiger partial charge in [0, 0.05) is 36.2 Å². The van der Waals surface area contributed by atoms with Crippen LogP contribution in [0.5, 0.6) is 0 Å². The molecule has 1 aliphatic heterocycles. The van der Waals surface area contributed by atoms with Gasteiger partial charge in [0.05, 0.1) is 0 Å². The highest BCUT2D eigenvalue weighted by Gasteiger charge is 2.20. The van der Waals surface area contributed by atoms with Crippen molar-refractivity contribution in [1.82, 2.24) is 9.47 Å². The second-order valence-corrected chi connectivity index (χ2v) is 6.08. The van der Waals surface area contributed by atoms with E-state index in [4.69, 9.17) is 0 Å². The lowest BCUT2D eigenvalue weighted by Crippen LogP contribution is -2.34. The molecule has 1 aliphatic rings.